The molecule has 1 aliphatic heterocycles. The Morgan fingerprint density at radius 1 is 1.27 bits per heavy atom. The van der Waals surface area contributed by atoms with Crippen molar-refractivity contribution in [2.24, 2.45) is 5.92 Å². The Morgan fingerprint density at radius 3 is 2.65 bits per heavy atom. The van der Waals surface area contributed by atoms with Crippen LogP contribution in [0.1, 0.15) is 46.4 Å². The summed E-state index contributed by atoms with van der Waals surface area (Å²) in [6.07, 6.45) is 1.35. The number of nitrogens with zero attached hydrogens (tertiary/aromatic N) is 1. The van der Waals surface area contributed by atoms with E-state index in [2.05, 4.69) is 0 Å². The minimum absolute atomic E-state index is 0.0236. The number of aryl methyl sites for hydroxylation is 1. The van der Waals surface area contributed by atoms with E-state index in [9.17, 15) is 9.59 Å². The summed E-state index contributed by atoms with van der Waals surface area (Å²) >= 11 is 0. The molecule has 6 heteroatoms. The zero-order valence-electron chi connectivity index (χ0n) is 15.0. The van der Waals surface area contributed by atoms with E-state index >= 15 is 0 Å². The van der Waals surface area contributed by atoms with Crippen LogP contribution in [0.25, 0.3) is 0 Å². The first-order chi connectivity index (χ1) is 12.5. The molecule has 1 fully saturated rings. The summed E-state index contributed by atoms with van der Waals surface area (Å²) in [5, 5.41) is 9.13. The third-order valence-electron chi connectivity index (χ3n) is 4.74. The van der Waals surface area contributed by atoms with Crippen LogP contribution in [-0.4, -0.2) is 35.5 Å². The summed E-state index contributed by atoms with van der Waals surface area (Å²) in [6.45, 7) is 2.48. The first kappa shape index (κ1) is 18.2. The number of hydrogen-bond donors (Lipinski definition) is 1. The molecule has 1 aromatic heterocycles. The van der Waals surface area contributed by atoms with Gasteiger partial charge in [0.2, 0.25) is 5.91 Å². The van der Waals surface area contributed by atoms with Crippen LogP contribution >= 0.6 is 0 Å². The third-order valence-corrected chi connectivity index (χ3v) is 4.74. The fraction of sp³-hybridized carbons (Fsp3) is 0.400. The predicted molar refractivity (Wildman–Crippen MR) is 94.7 cm³/mol. The Hall–Kier alpha value is -2.60. The molecule has 6 nitrogen and oxygen atoms in total. The van der Waals surface area contributed by atoms with Crippen LogP contribution in [0.5, 0.6) is 0 Å². The molecule has 26 heavy (non-hydrogen) atoms. The predicted octanol–water partition coefficient (Wildman–Crippen LogP) is 3.41. The molecule has 0 bridgehead atoms. The lowest BCUT2D eigenvalue weighted by Gasteiger charge is -2.33. The van der Waals surface area contributed by atoms with E-state index in [1.807, 2.05) is 30.3 Å². The van der Waals surface area contributed by atoms with Gasteiger partial charge in [-0.2, -0.15) is 0 Å². The van der Waals surface area contributed by atoms with Crippen LogP contribution in [0.15, 0.2) is 40.8 Å². The smallest absolute Gasteiger partial charge is 0.339 e. The van der Waals surface area contributed by atoms with Gasteiger partial charge in [-0.25, -0.2) is 4.79 Å². The molecule has 0 saturated carbocycles. The summed E-state index contributed by atoms with van der Waals surface area (Å²) in [5.41, 5.74) is 1.13. The average Bonchev–Trinajstić information content (AvgIpc) is 3.02. The maximum absolute atomic E-state index is 13.0. The fourth-order valence-electron chi connectivity index (χ4n) is 3.43. The van der Waals surface area contributed by atoms with E-state index in [0.717, 1.165) is 18.4 Å². The number of carbonyl (C=O) groups excluding carboxylic acids is 1. The molecule has 0 radical (unpaired) electrons. The Labute approximate surface area is 152 Å². The largest absolute Gasteiger partial charge is 0.478 e. The minimum Gasteiger partial charge on any atom is -0.478 e. The van der Waals surface area contributed by atoms with Gasteiger partial charge in [0.15, 0.2) is 0 Å². The third kappa shape index (κ3) is 3.80. The summed E-state index contributed by atoms with van der Waals surface area (Å²) in [5.74, 6) is -0.507. The Balaban J connectivity index is 1.74. The van der Waals surface area contributed by atoms with Crippen molar-refractivity contribution in [3.63, 3.8) is 0 Å². The monoisotopic (exact) mass is 357 g/mol. The van der Waals surface area contributed by atoms with Crippen LogP contribution < -0.4 is 0 Å². The van der Waals surface area contributed by atoms with Crippen molar-refractivity contribution >= 4 is 11.9 Å². The van der Waals surface area contributed by atoms with E-state index in [1.165, 1.54) is 6.07 Å². The molecule has 1 aromatic carbocycles. The molecular weight excluding hydrogens is 334 g/mol. The topological polar surface area (TPSA) is 80.0 Å². The standard InChI is InChI=1S/C20H23NO5/c1-13-17(20(23)24)11-15(26-13)12-21(2)19(22)16-9-6-10-25-18(16)14-7-4-3-5-8-14/h3-5,7-8,11,16,18H,6,9-10,12H2,1-2H3,(H,23,24). The lowest BCUT2D eigenvalue weighted by atomic mass is 9.88. The molecule has 2 unspecified atom stereocenters. The molecule has 2 heterocycles. The number of carbonyl (C=O) groups is 2. The van der Waals surface area contributed by atoms with Crippen molar-refractivity contribution in [2.45, 2.75) is 32.4 Å². The number of benzene rings is 1. The number of ether oxygens (including phenoxy) is 1. The fourth-order valence-corrected chi connectivity index (χ4v) is 3.43. The van der Waals surface area contributed by atoms with Gasteiger partial charge in [0.05, 0.1) is 18.6 Å². The number of furan rings is 1. The summed E-state index contributed by atoms with van der Waals surface area (Å²) < 4.78 is 11.4. The molecule has 138 valence electrons. The lowest BCUT2D eigenvalue weighted by molar-refractivity contribution is -0.145. The maximum atomic E-state index is 13.0. The van der Waals surface area contributed by atoms with Crippen molar-refractivity contribution in [3.05, 3.63) is 59.0 Å². The molecule has 2 aromatic rings. The van der Waals surface area contributed by atoms with Gasteiger partial charge in [-0.3, -0.25) is 4.79 Å². The van der Waals surface area contributed by atoms with Crippen LogP contribution in [-0.2, 0) is 16.1 Å². The maximum Gasteiger partial charge on any atom is 0.339 e. The highest BCUT2D eigenvalue weighted by Gasteiger charge is 2.35. The number of amides is 1. The van der Waals surface area contributed by atoms with Crippen LogP contribution in [0.4, 0.5) is 0 Å². The molecular formula is C20H23NO5. The SMILES string of the molecule is Cc1oc(CN(C)C(=O)C2CCCOC2c2ccccc2)cc1C(=O)O. The molecule has 2 atom stereocenters. The lowest BCUT2D eigenvalue weighted by Crippen LogP contribution is -2.38. The van der Waals surface area contributed by atoms with Crippen molar-refractivity contribution in [1.82, 2.24) is 4.90 Å². The molecule has 1 saturated heterocycles. The van der Waals surface area contributed by atoms with E-state index in [-0.39, 0.29) is 30.0 Å². The second kappa shape index (κ2) is 7.74. The molecule has 1 aliphatic rings. The van der Waals surface area contributed by atoms with Gasteiger partial charge in [0.25, 0.3) is 0 Å². The molecule has 1 amide bonds. The van der Waals surface area contributed by atoms with E-state index < -0.39 is 5.97 Å². The van der Waals surface area contributed by atoms with Gasteiger partial charge >= 0.3 is 5.97 Å². The zero-order valence-corrected chi connectivity index (χ0v) is 15.0. The summed E-state index contributed by atoms with van der Waals surface area (Å²) in [7, 11) is 1.71. The van der Waals surface area contributed by atoms with Crippen molar-refractivity contribution < 1.29 is 23.8 Å². The highest BCUT2D eigenvalue weighted by Crippen LogP contribution is 2.35. The van der Waals surface area contributed by atoms with Gasteiger partial charge < -0.3 is 19.2 Å². The number of hydrogen-bond acceptors (Lipinski definition) is 4. The number of carboxylic acids is 1. The number of rotatable bonds is 5. The second-order valence-corrected chi connectivity index (χ2v) is 6.63. The van der Waals surface area contributed by atoms with Crippen LogP contribution in [0.2, 0.25) is 0 Å². The summed E-state index contributed by atoms with van der Waals surface area (Å²) in [6, 6.07) is 11.3. The Bertz CT molecular complexity index is 783. The molecule has 0 aliphatic carbocycles. The van der Waals surface area contributed by atoms with Gasteiger partial charge in [-0.1, -0.05) is 30.3 Å². The first-order valence-electron chi connectivity index (χ1n) is 8.71. The van der Waals surface area contributed by atoms with Crippen LogP contribution in [0.3, 0.4) is 0 Å². The minimum atomic E-state index is -1.03. The van der Waals surface area contributed by atoms with E-state index in [0.29, 0.717) is 18.1 Å². The van der Waals surface area contributed by atoms with Gasteiger partial charge in [0, 0.05) is 13.7 Å². The van der Waals surface area contributed by atoms with Gasteiger partial charge in [-0.15, -0.1) is 0 Å². The highest BCUT2D eigenvalue weighted by molar-refractivity contribution is 5.88. The Kier molecular flexibility index (Phi) is 5.42. The van der Waals surface area contributed by atoms with E-state index in [1.54, 1.807) is 18.9 Å². The number of carboxylic acid groups (broad SMARTS) is 1. The molecule has 0 spiro atoms. The zero-order chi connectivity index (χ0) is 18.7. The van der Waals surface area contributed by atoms with Crippen molar-refractivity contribution in [2.75, 3.05) is 13.7 Å². The second-order valence-electron chi connectivity index (χ2n) is 6.63. The van der Waals surface area contributed by atoms with Gasteiger partial charge in [-0.05, 0) is 31.4 Å². The Morgan fingerprint density at radius 2 is 2.00 bits per heavy atom. The van der Waals surface area contributed by atoms with Gasteiger partial charge in [0.1, 0.15) is 17.1 Å². The van der Waals surface area contributed by atoms with E-state index in [4.69, 9.17) is 14.3 Å². The summed E-state index contributed by atoms with van der Waals surface area (Å²) in [4.78, 5) is 25.7. The normalized spacial score (nSPS) is 19.9. The van der Waals surface area contributed by atoms with Crippen LogP contribution in [0, 0.1) is 12.8 Å². The number of aromatic carboxylic acids is 1. The highest BCUT2D eigenvalue weighted by atomic mass is 16.5. The first-order valence-corrected chi connectivity index (χ1v) is 8.71. The van der Waals surface area contributed by atoms with Crippen molar-refractivity contribution in [3.8, 4) is 0 Å². The molecule has 1 N–H and O–H groups in total. The van der Waals surface area contributed by atoms with Crippen molar-refractivity contribution in [1.29, 1.82) is 0 Å². The molecule has 3 rings (SSSR count). The average molecular weight is 357 g/mol. The quantitative estimate of drug-likeness (QED) is 0.887.